The minimum atomic E-state index is -2.06. The Balaban J connectivity index is 0. The van der Waals surface area contributed by atoms with Crippen LogP contribution < -0.4 is 0 Å². The second kappa shape index (κ2) is 18.9. The van der Waals surface area contributed by atoms with Crippen LogP contribution in [-0.2, 0) is 9.59 Å². The van der Waals surface area contributed by atoms with E-state index in [0.717, 1.165) is 6.08 Å². The first kappa shape index (κ1) is 22.4. The van der Waals surface area contributed by atoms with Gasteiger partial charge >= 0.3 is 0 Å². The molecule has 0 aromatic rings. The van der Waals surface area contributed by atoms with Crippen molar-refractivity contribution < 1.29 is 26.7 Å². The average Bonchev–Trinajstić information content (AvgIpc) is 2.75. The van der Waals surface area contributed by atoms with Crippen molar-refractivity contribution in [2.45, 2.75) is 86.3 Å². The van der Waals surface area contributed by atoms with Gasteiger partial charge in [0.15, 0.2) is 0 Å². The summed E-state index contributed by atoms with van der Waals surface area (Å²) in [7, 11) is 0. The molecule has 6 atom stereocenters. The van der Waals surface area contributed by atoms with Crippen LogP contribution in [0.15, 0.2) is 49.1 Å². The number of aliphatic hydroxyl groups excluding tert-OH is 2. The monoisotopic (exact) mass is 439 g/mol. The fourth-order valence-electron chi connectivity index (χ4n) is 3.40. The molecular formula is C27H46O4. The third-order valence-electron chi connectivity index (χ3n) is 5.51. The highest BCUT2D eigenvalue weighted by Crippen LogP contribution is 2.21. The molecule has 0 saturated carbocycles. The van der Waals surface area contributed by atoms with Crippen molar-refractivity contribution in [3.05, 3.63) is 49.1 Å². The van der Waals surface area contributed by atoms with Crippen molar-refractivity contribution in [3.8, 4) is 0 Å². The van der Waals surface area contributed by atoms with Gasteiger partial charge in [-0.3, -0.25) is 9.59 Å². The maximum Gasteiger partial charge on any atom is 0.135 e. The van der Waals surface area contributed by atoms with Gasteiger partial charge in [-0.2, -0.15) is 0 Å². The molecule has 178 valence electrons. The summed E-state index contributed by atoms with van der Waals surface area (Å²) in [4.78, 5) is 22.7. The molecule has 0 aliphatic rings. The molecule has 4 nitrogen and oxygen atoms in total. The molecule has 0 radical (unpaired) electrons. The van der Waals surface area contributed by atoms with Crippen molar-refractivity contribution in [1.82, 2.24) is 0 Å². The van der Waals surface area contributed by atoms with Crippen LogP contribution in [-0.4, -0.2) is 34.0 Å². The number of aliphatic hydroxyl groups is 2. The molecule has 2 unspecified atom stereocenters. The summed E-state index contributed by atoms with van der Waals surface area (Å²) in [5, 5.41) is 20.1. The van der Waals surface area contributed by atoms with Crippen LogP contribution in [0.1, 0.15) is 80.9 Å². The molecule has 0 saturated heterocycles. The maximum absolute atomic E-state index is 11.4. The third-order valence-corrected chi connectivity index (χ3v) is 5.51. The largest absolute Gasteiger partial charge is 0.392 e. The van der Waals surface area contributed by atoms with Crippen molar-refractivity contribution in [2.75, 3.05) is 0 Å². The van der Waals surface area contributed by atoms with E-state index in [1.807, 2.05) is 39.8 Å². The zero-order chi connectivity index (χ0) is 28.5. The molecule has 0 amide bonds. The molecule has 0 aromatic carbocycles. The van der Waals surface area contributed by atoms with Gasteiger partial charge in [0.2, 0.25) is 0 Å². The fourth-order valence-corrected chi connectivity index (χ4v) is 3.40. The van der Waals surface area contributed by atoms with E-state index in [-0.39, 0.29) is 41.8 Å². The number of carbonyl (C=O) groups is 2. The van der Waals surface area contributed by atoms with Crippen LogP contribution in [0.4, 0.5) is 0 Å². The normalized spacial score (nSPS) is 20.2. The van der Waals surface area contributed by atoms with Crippen molar-refractivity contribution >= 4 is 11.6 Å². The Morgan fingerprint density at radius 2 is 1.35 bits per heavy atom. The van der Waals surface area contributed by atoms with Gasteiger partial charge in [-0.1, -0.05) is 76.8 Å². The molecule has 0 heterocycles. The molecular weight excluding hydrogens is 388 g/mol. The predicted octanol–water partition coefficient (Wildman–Crippen LogP) is 5.85. The number of hydrogen-bond acceptors (Lipinski definition) is 4. The molecule has 0 aromatic heterocycles. The number of allylic oxidation sites excluding steroid dienone is 7. The van der Waals surface area contributed by atoms with Gasteiger partial charge in [-0.15, -0.1) is 0 Å². The van der Waals surface area contributed by atoms with E-state index in [0.29, 0.717) is 25.7 Å². The van der Waals surface area contributed by atoms with E-state index in [1.165, 1.54) is 26.0 Å². The lowest BCUT2D eigenvalue weighted by atomic mass is 9.86. The Bertz CT molecular complexity index is 752. The smallest absolute Gasteiger partial charge is 0.135 e. The van der Waals surface area contributed by atoms with Crippen LogP contribution >= 0.6 is 0 Å². The topological polar surface area (TPSA) is 74.6 Å². The van der Waals surface area contributed by atoms with E-state index < -0.39 is 19.1 Å². The zero-order valence-corrected chi connectivity index (χ0v) is 20.0. The second-order valence-electron chi connectivity index (χ2n) is 8.04. The Hall–Kier alpha value is -1.78. The van der Waals surface area contributed by atoms with Gasteiger partial charge in [0.25, 0.3) is 0 Å². The Kier molecular flexibility index (Phi) is 13.7. The highest BCUT2D eigenvalue weighted by atomic mass is 16.3. The molecule has 0 fully saturated rings. The molecule has 0 aliphatic heterocycles. The Labute approximate surface area is 197 Å². The van der Waals surface area contributed by atoms with E-state index >= 15 is 0 Å². The van der Waals surface area contributed by atoms with Gasteiger partial charge in [0.05, 0.1) is 14.9 Å². The second-order valence-corrected chi connectivity index (χ2v) is 8.04. The lowest BCUT2D eigenvalue weighted by molar-refractivity contribution is -0.126. The van der Waals surface area contributed by atoms with E-state index in [1.54, 1.807) is 12.2 Å². The molecule has 2 N–H and O–H groups in total. The van der Waals surface area contributed by atoms with Crippen LogP contribution in [0.25, 0.3) is 0 Å². The summed E-state index contributed by atoms with van der Waals surface area (Å²) < 4.78 is 34.7. The summed E-state index contributed by atoms with van der Waals surface area (Å²) in [6.07, 6.45) is 12.1. The van der Waals surface area contributed by atoms with Gasteiger partial charge in [0, 0.05) is 15.9 Å². The van der Waals surface area contributed by atoms with Crippen LogP contribution in [0.5, 0.6) is 0 Å². The molecule has 0 aliphatic carbocycles. The van der Waals surface area contributed by atoms with Gasteiger partial charge in [0.1, 0.15) is 11.6 Å². The first-order valence-electron chi connectivity index (χ1n) is 13.6. The van der Waals surface area contributed by atoms with E-state index in [2.05, 4.69) is 0 Å². The number of ketones is 2. The van der Waals surface area contributed by atoms with Gasteiger partial charge in [-0.05, 0) is 58.2 Å². The Morgan fingerprint density at radius 1 is 0.903 bits per heavy atom. The Morgan fingerprint density at radius 3 is 1.71 bits per heavy atom. The summed E-state index contributed by atoms with van der Waals surface area (Å²) in [5.41, 5.74) is 0. The zero-order valence-electron chi connectivity index (χ0n) is 25.0. The molecule has 0 spiro atoms. The highest BCUT2D eigenvalue weighted by molar-refractivity contribution is 5.79. The SMILES string of the molecule is [2H]C([2H])([2H])C=CC=CC[C@@H](C)C(O)[C@H](CC)C(C)=O.[2H]C([2H])=CC=CC[C@@H](C)C(O)[C@H](CC)C(C)=O. The van der Waals surface area contributed by atoms with Crippen molar-refractivity contribution in [1.29, 1.82) is 0 Å². The number of carbonyl (C=O) groups excluding carboxylic acids is 2. The van der Waals surface area contributed by atoms with Crippen LogP contribution in [0.2, 0.25) is 0 Å². The first-order valence-corrected chi connectivity index (χ1v) is 11.1. The standard InChI is InChI=1S/C14H24O2.C13H22O2/c1-5-7-8-9-10-11(3)14(16)13(6-2)12(4)15;1-5-7-8-9-10(3)13(15)12(6-2)11(4)14/h5,7-9,11,13-14,16H,6,10H2,1-4H3;5,7-8,10,12-13,15H,1,6,9H2,2-4H3/t11-,13-,14?;10-,12-,13?/m11/s1/i1D3;1D2. The molecule has 31 heavy (non-hydrogen) atoms. The number of hydrogen-bond donors (Lipinski definition) is 2. The fraction of sp³-hybridized carbons (Fsp3) is 0.630. The molecule has 0 bridgehead atoms. The highest BCUT2D eigenvalue weighted by Gasteiger charge is 2.26. The summed E-state index contributed by atoms with van der Waals surface area (Å²) >= 11 is 0. The quantitative estimate of drug-likeness (QED) is 0.333. The molecule has 0 rings (SSSR count). The van der Waals surface area contributed by atoms with Gasteiger partial charge in [-0.25, -0.2) is 0 Å². The summed E-state index contributed by atoms with van der Waals surface area (Å²) in [5.74, 6) is -0.624. The number of Topliss-reactive ketones (excluding diaryl/α,β-unsaturated/α-hetero) is 2. The maximum atomic E-state index is 11.4. The summed E-state index contributed by atoms with van der Waals surface area (Å²) in [6.45, 7) is 8.26. The number of rotatable bonds is 14. The summed E-state index contributed by atoms with van der Waals surface area (Å²) in [6, 6.07) is 0. The first-order chi connectivity index (χ1) is 16.6. The third kappa shape index (κ3) is 14.0. The van der Waals surface area contributed by atoms with E-state index in [9.17, 15) is 19.8 Å². The predicted molar refractivity (Wildman–Crippen MR) is 132 cm³/mol. The molecule has 4 heteroatoms. The lowest BCUT2D eigenvalue weighted by Gasteiger charge is -2.24. The lowest BCUT2D eigenvalue weighted by Crippen LogP contribution is -2.31. The minimum absolute atomic E-state index is 0.00610. The van der Waals surface area contributed by atoms with Crippen LogP contribution in [0, 0.1) is 23.7 Å². The van der Waals surface area contributed by atoms with E-state index in [4.69, 9.17) is 6.85 Å². The van der Waals surface area contributed by atoms with Crippen molar-refractivity contribution in [2.24, 2.45) is 23.7 Å². The average molecular weight is 440 g/mol. The van der Waals surface area contributed by atoms with Crippen LogP contribution in [0.3, 0.4) is 0 Å². The van der Waals surface area contributed by atoms with Crippen molar-refractivity contribution in [3.63, 3.8) is 0 Å². The minimum Gasteiger partial charge on any atom is -0.392 e. The van der Waals surface area contributed by atoms with Gasteiger partial charge < -0.3 is 10.2 Å².